The average molecular weight is 284 g/mol. The Morgan fingerprint density at radius 3 is 3.05 bits per heavy atom. The van der Waals surface area contributed by atoms with E-state index in [2.05, 4.69) is 11.9 Å². The summed E-state index contributed by atoms with van der Waals surface area (Å²) in [7, 11) is 1.67. The SMILES string of the molecule is COC1CN(C(=O)c2cc(N)cnc2Cl)CCC1C. The number of halogens is 1. The van der Waals surface area contributed by atoms with Crippen LogP contribution in [-0.4, -0.2) is 42.1 Å². The Labute approximate surface area is 117 Å². The number of pyridine rings is 1. The molecule has 5 nitrogen and oxygen atoms in total. The summed E-state index contributed by atoms with van der Waals surface area (Å²) in [6.07, 6.45) is 2.41. The molecule has 0 radical (unpaired) electrons. The molecule has 0 aromatic carbocycles. The number of amides is 1. The Kier molecular flexibility index (Phi) is 4.27. The van der Waals surface area contributed by atoms with E-state index in [4.69, 9.17) is 22.1 Å². The first-order valence-corrected chi connectivity index (χ1v) is 6.63. The number of aromatic nitrogens is 1. The zero-order valence-electron chi connectivity index (χ0n) is 11.1. The number of carbonyl (C=O) groups is 1. The largest absolute Gasteiger partial charge is 0.397 e. The van der Waals surface area contributed by atoms with Crippen LogP contribution in [0.2, 0.25) is 5.15 Å². The normalized spacial score (nSPS) is 23.4. The number of hydrogen-bond acceptors (Lipinski definition) is 4. The van der Waals surface area contributed by atoms with Crippen LogP contribution in [0, 0.1) is 5.92 Å². The fourth-order valence-corrected chi connectivity index (χ4v) is 2.49. The smallest absolute Gasteiger partial charge is 0.257 e. The molecule has 19 heavy (non-hydrogen) atoms. The molecule has 104 valence electrons. The van der Waals surface area contributed by atoms with Crippen LogP contribution in [0.25, 0.3) is 0 Å². The number of anilines is 1. The van der Waals surface area contributed by atoms with Gasteiger partial charge in [0.15, 0.2) is 0 Å². The monoisotopic (exact) mass is 283 g/mol. The average Bonchev–Trinajstić information content (AvgIpc) is 2.41. The minimum Gasteiger partial charge on any atom is -0.397 e. The van der Waals surface area contributed by atoms with Crippen molar-refractivity contribution in [1.82, 2.24) is 9.88 Å². The lowest BCUT2D eigenvalue weighted by Gasteiger charge is -2.36. The maximum absolute atomic E-state index is 12.4. The number of methoxy groups -OCH3 is 1. The molecule has 0 spiro atoms. The predicted octanol–water partition coefficient (Wildman–Crippen LogP) is 1.81. The van der Waals surface area contributed by atoms with E-state index in [-0.39, 0.29) is 17.2 Å². The zero-order valence-corrected chi connectivity index (χ0v) is 11.9. The standard InChI is InChI=1S/C13H18ClN3O2/c1-8-3-4-17(7-11(8)19-2)13(18)10-5-9(15)6-16-12(10)14/h5-6,8,11H,3-4,7,15H2,1-2H3. The van der Waals surface area contributed by atoms with Crippen LogP contribution in [0.15, 0.2) is 12.3 Å². The van der Waals surface area contributed by atoms with Crippen LogP contribution in [-0.2, 0) is 4.74 Å². The highest BCUT2D eigenvalue weighted by Gasteiger charge is 2.30. The van der Waals surface area contributed by atoms with Gasteiger partial charge in [0.25, 0.3) is 5.91 Å². The van der Waals surface area contributed by atoms with Crippen molar-refractivity contribution in [2.75, 3.05) is 25.9 Å². The molecule has 2 rings (SSSR count). The molecule has 1 aliphatic heterocycles. The van der Waals surface area contributed by atoms with Gasteiger partial charge in [0.1, 0.15) is 5.15 Å². The fourth-order valence-electron chi connectivity index (χ4n) is 2.31. The number of carbonyl (C=O) groups excluding carboxylic acids is 1. The van der Waals surface area contributed by atoms with Crippen molar-refractivity contribution in [2.45, 2.75) is 19.4 Å². The van der Waals surface area contributed by atoms with E-state index in [0.29, 0.717) is 30.3 Å². The molecule has 0 saturated carbocycles. The minimum atomic E-state index is -0.140. The summed E-state index contributed by atoms with van der Waals surface area (Å²) in [4.78, 5) is 18.1. The molecule has 0 bridgehead atoms. The molecule has 1 aromatic heterocycles. The summed E-state index contributed by atoms with van der Waals surface area (Å²) in [5.41, 5.74) is 6.44. The lowest BCUT2D eigenvalue weighted by molar-refractivity contribution is -0.00157. The quantitative estimate of drug-likeness (QED) is 0.841. The highest BCUT2D eigenvalue weighted by molar-refractivity contribution is 6.32. The molecule has 0 aliphatic carbocycles. The molecule has 1 aliphatic rings. The summed E-state index contributed by atoms with van der Waals surface area (Å²) in [5.74, 6) is 0.308. The van der Waals surface area contributed by atoms with Crippen molar-refractivity contribution >= 4 is 23.2 Å². The second-order valence-electron chi connectivity index (χ2n) is 4.90. The van der Waals surface area contributed by atoms with E-state index in [1.165, 1.54) is 6.20 Å². The molecule has 2 unspecified atom stereocenters. The van der Waals surface area contributed by atoms with E-state index in [1.807, 2.05) is 0 Å². The van der Waals surface area contributed by atoms with Crippen molar-refractivity contribution in [2.24, 2.45) is 5.92 Å². The van der Waals surface area contributed by atoms with Gasteiger partial charge in [-0.05, 0) is 18.4 Å². The van der Waals surface area contributed by atoms with Crippen LogP contribution in [0.4, 0.5) is 5.69 Å². The second kappa shape index (κ2) is 5.75. The topological polar surface area (TPSA) is 68.5 Å². The molecule has 6 heteroatoms. The fraction of sp³-hybridized carbons (Fsp3) is 0.538. The summed E-state index contributed by atoms with van der Waals surface area (Å²) >= 11 is 5.96. The first-order valence-electron chi connectivity index (χ1n) is 6.26. The van der Waals surface area contributed by atoms with Crippen molar-refractivity contribution in [3.63, 3.8) is 0 Å². The molecular formula is C13H18ClN3O2. The number of ether oxygens (including phenoxy) is 1. The first kappa shape index (κ1) is 14.1. The molecule has 1 fully saturated rings. The van der Waals surface area contributed by atoms with Crippen molar-refractivity contribution in [3.05, 3.63) is 23.0 Å². The Morgan fingerprint density at radius 2 is 2.37 bits per heavy atom. The summed E-state index contributed by atoms with van der Waals surface area (Å²) in [5, 5.41) is 0.187. The molecule has 1 aromatic rings. The second-order valence-corrected chi connectivity index (χ2v) is 5.26. The molecule has 1 saturated heterocycles. The number of piperidine rings is 1. The van der Waals surface area contributed by atoms with Gasteiger partial charge in [0, 0.05) is 20.2 Å². The van der Waals surface area contributed by atoms with E-state index >= 15 is 0 Å². The molecule has 2 N–H and O–H groups in total. The van der Waals surface area contributed by atoms with E-state index in [1.54, 1.807) is 18.1 Å². The van der Waals surface area contributed by atoms with Crippen LogP contribution in [0.3, 0.4) is 0 Å². The number of nitrogen functional groups attached to an aromatic ring is 1. The number of hydrogen-bond donors (Lipinski definition) is 1. The Bertz CT molecular complexity index is 481. The van der Waals surface area contributed by atoms with E-state index in [0.717, 1.165) is 6.42 Å². The van der Waals surface area contributed by atoms with Crippen LogP contribution < -0.4 is 5.73 Å². The number of nitrogens with two attached hydrogens (primary N) is 1. The third kappa shape index (κ3) is 2.98. The Hall–Kier alpha value is -1.33. The Morgan fingerprint density at radius 1 is 1.63 bits per heavy atom. The number of nitrogens with zero attached hydrogens (tertiary/aromatic N) is 2. The van der Waals surface area contributed by atoms with Gasteiger partial charge in [-0.3, -0.25) is 4.79 Å². The predicted molar refractivity (Wildman–Crippen MR) is 74.1 cm³/mol. The van der Waals surface area contributed by atoms with Gasteiger partial charge < -0.3 is 15.4 Å². The minimum absolute atomic E-state index is 0.0606. The van der Waals surface area contributed by atoms with Gasteiger partial charge in [-0.25, -0.2) is 4.98 Å². The molecular weight excluding hydrogens is 266 g/mol. The van der Waals surface area contributed by atoms with Gasteiger partial charge in [0.05, 0.1) is 23.6 Å². The maximum Gasteiger partial charge on any atom is 0.257 e. The van der Waals surface area contributed by atoms with Crippen molar-refractivity contribution < 1.29 is 9.53 Å². The zero-order chi connectivity index (χ0) is 14.0. The lowest BCUT2D eigenvalue weighted by atomic mass is 9.95. The highest BCUT2D eigenvalue weighted by Crippen LogP contribution is 2.23. The maximum atomic E-state index is 12.4. The molecule has 1 amide bonds. The third-order valence-electron chi connectivity index (χ3n) is 3.57. The van der Waals surface area contributed by atoms with Gasteiger partial charge in [0.2, 0.25) is 0 Å². The van der Waals surface area contributed by atoms with E-state index in [9.17, 15) is 4.79 Å². The van der Waals surface area contributed by atoms with Gasteiger partial charge in [-0.1, -0.05) is 18.5 Å². The van der Waals surface area contributed by atoms with Crippen LogP contribution in [0.5, 0.6) is 0 Å². The van der Waals surface area contributed by atoms with Gasteiger partial charge >= 0.3 is 0 Å². The van der Waals surface area contributed by atoms with Crippen LogP contribution in [0.1, 0.15) is 23.7 Å². The van der Waals surface area contributed by atoms with Crippen LogP contribution >= 0.6 is 11.6 Å². The van der Waals surface area contributed by atoms with Gasteiger partial charge in [-0.2, -0.15) is 0 Å². The highest BCUT2D eigenvalue weighted by atomic mass is 35.5. The summed E-state index contributed by atoms with van der Waals surface area (Å²) in [6, 6.07) is 1.57. The summed E-state index contributed by atoms with van der Waals surface area (Å²) in [6.45, 7) is 3.40. The van der Waals surface area contributed by atoms with E-state index < -0.39 is 0 Å². The number of likely N-dealkylation sites (tertiary alicyclic amines) is 1. The first-order chi connectivity index (χ1) is 9.02. The number of rotatable bonds is 2. The third-order valence-corrected chi connectivity index (χ3v) is 3.87. The lowest BCUT2D eigenvalue weighted by Crippen LogP contribution is -2.46. The van der Waals surface area contributed by atoms with Gasteiger partial charge in [-0.15, -0.1) is 0 Å². The van der Waals surface area contributed by atoms with Crippen molar-refractivity contribution in [1.29, 1.82) is 0 Å². The molecule has 2 atom stereocenters. The van der Waals surface area contributed by atoms with Crippen molar-refractivity contribution in [3.8, 4) is 0 Å². The summed E-state index contributed by atoms with van der Waals surface area (Å²) < 4.78 is 5.41. The Balaban J connectivity index is 2.18. The molecule has 2 heterocycles.